The lowest BCUT2D eigenvalue weighted by molar-refractivity contribution is -0.385. The molecular weight excluding hydrogens is 344 g/mol. The van der Waals surface area contributed by atoms with Gasteiger partial charge in [-0.05, 0) is 34.1 Å². The summed E-state index contributed by atoms with van der Waals surface area (Å²) < 4.78 is 10.1. The number of esters is 1. The topological polar surface area (TPSA) is 94.6 Å². The fraction of sp³-hybridized carbons (Fsp3) is 0.154. The highest BCUT2D eigenvalue weighted by Gasteiger charge is 2.16. The Labute approximate surface area is 128 Å². The molecule has 110 valence electrons. The minimum absolute atomic E-state index is 0.0413. The summed E-state index contributed by atoms with van der Waals surface area (Å²) in [5.41, 5.74) is 1.12. The highest BCUT2D eigenvalue weighted by Crippen LogP contribution is 2.28. The summed E-state index contributed by atoms with van der Waals surface area (Å²) in [7, 11) is 1.26. The number of nitrogens with one attached hydrogen (secondary N) is 1. The van der Waals surface area contributed by atoms with Crippen LogP contribution in [0.5, 0.6) is 0 Å². The van der Waals surface area contributed by atoms with E-state index >= 15 is 0 Å². The van der Waals surface area contributed by atoms with Gasteiger partial charge in [0, 0.05) is 23.9 Å². The maximum absolute atomic E-state index is 11.5. The van der Waals surface area contributed by atoms with Crippen molar-refractivity contribution >= 4 is 33.3 Å². The third-order valence-corrected chi connectivity index (χ3v) is 3.41. The molecule has 0 saturated heterocycles. The van der Waals surface area contributed by atoms with Crippen LogP contribution in [0.25, 0.3) is 0 Å². The Hall–Kier alpha value is -2.35. The van der Waals surface area contributed by atoms with Crippen LogP contribution in [0.2, 0.25) is 0 Å². The quantitative estimate of drug-likeness (QED) is 0.502. The molecule has 0 aliphatic rings. The first-order valence-corrected chi connectivity index (χ1v) is 6.64. The average molecular weight is 355 g/mol. The van der Waals surface area contributed by atoms with E-state index in [9.17, 15) is 14.9 Å². The first-order valence-electron chi connectivity index (χ1n) is 5.85. The second-order valence-electron chi connectivity index (χ2n) is 4.04. The van der Waals surface area contributed by atoms with Gasteiger partial charge in [-0.25, -0.2) is 4.79 Å². The van der Waals surface area contributed by atoms with Crippen LogP contribution >= 0.6 is 15.9 Å². The number of hydrogen-bond acceptors (Lipinski definition) is 6. The number of hydrogen-bond donors (Lipinski definition) is 1. The molecule has 2 aromatic rings. The van der Waals surface area contributed by atoms with Crippen molar-refractivity contribution in [1.82, 2.24) is 0 Å². The van der Waals surface area contributed by atoms with Crippen molar-refractivity contribution < 1.29 is 18.9 Å². The predicted molar refractivity (Wildman–Crippen MR) is 78.2 cm³/mol. The van der Waals surface area contributed by atoms with Gasteiger partial charge in [0.05, 0.1) is 22.8 Å². The fourth-order valence-corrected chi connectivity index (χ4v) is 2.10. The van der Waals surface area contributed by atoms with E-state index in [-0.39, 0.29) is 18.0 Å². The molecule has 1 heterocycles. The standard InChI is InChI=1S/C13H11BrN2O5/c1-20-13(17)12-8(4-5-21-12)7-15-9-2-3-10(14)11(6-9)16(18)19/h2-6,15H,7H2,1H3. The van der Waals surface area contributed by atoms with Gasteiger partial charge in [0.1, 0.15) is 0 Å². The summed E-state index contributed by atoms with van der Waals surface area (Å²) in [5.74, 6) is -0.463. The number of ether oxygens (including phenoxy) is 1. The third kappa shape index (κ3) is 3.40. The lowest BCUT2D eigenvalue weighted by atomic mass is 10.2. The highest BCUT2D eigenvalue weighted by atomic mass is 79.9. The van der Waals surface area contributed by atoms with Crippen LogP contribution in [0.1, 0.15) is 16.1 Å². The van der Waals surface area contributed by atoms with Crippen molar-refractivity contribution in [1.29, 1.82) is 0 Å². The molecule has 1 aromatic heterocycles. The Morgan fingerprint density at radius 3 is 2.90 bits per heavy atom. The van der Waals surface area contributed by atoms with Crippen LogP contribution in [0, 0.1) is 10.1 Å². The van der Waals surface area contributed by atoms with Gasteiger partial charge < -0.3 is 14.5 Å². The molecule has 21 heavy (non-hydrogen) atoms. The molecule has 0 atom stereocenters. The van der Waals surface area contributed by atoms with Crippen molar-refractivity contribution in [3.8, 4) is 0 Å². The number of nitro benzene ring substituents is 1. The number of halogens is 1. The zero-order valence-electron chi connectivity index (χ0n) is 11.0. The summed E-state index contributed by atoms with van der Waals surface area (Å²) in [5, 5.41) is 13.9. The lowest BCUT2D eigenvalue weighted by Crippen LogP contribution is -2.07. The molecule has 0 bridgehead atoms. The van der Waals surface area contributed by atoms with Crippen LogP contribution in [0.3, 0.4) is 0 Å². The number of anilines is 1. The number of nitrogens with zero attached hydrogens (tertiary/aromatic N) is 1. The number of nitro groups is 1. The Balaban J connectivity index is 2.14. The second kappa shape index (κ2) is 6.40. The molecule has 8 heteroatoms. The average Bonchev–Trinajstić information content (AvgIpc) is 2.93. The molecule has 0 spiro atoms. The summed E-state index contributed by atoms with van der Waals surface area (Å²) >= 11 is 3.12. The zero-order chi connectivity index (χ0) is 15.4. The van der Waals surface area contributed by atoms with E-state index < -0.39 is 10.9 Å². The van der Waals surface area contributed by atoms with Crippen LogP contribution < -0.4 is 5.32 Å². The van der Waals surface area contributed by atoms with Gasteiger partial charge >= 0.3 is 5.97 Å². The molecule has 0 saturated carbocycles. The molecule has 0 amide bonds. The minimum atomic E-state index is -0.571. The molecule has 0 aliphatic carbocycles. The van der Waals surface area contributed by atoms with Gasteiger partial charge in [0.25, 0.3) is 5.69 Å². The molecule has 0 unspecified atom stereocenters. The predicted octanol–water partition coefficient (Wildman–Crippen LogP) is 3.35. The van der Waals surface area contributed by atoms with Crippen LogP contribution in [-0.4, -0.2) is 18.0 Å². The lowest BCUT2D eigenvalue weighted by Gasteiger charge is -2.06. The maximum atomic E-state index is 11.5. The minimum Gasteiger partial charge on any atom is -0.463 e. The van der Waals surface area contributed by atoms with Crippen molar-refractivity contribution in [3.05, 3.63) is 56.4 Å². The Morgan fingerprint density at radius 2 is 2.24 bits per heavy atom. The van der Waals surface area contributed by atoms with E-state index in [1.807, 2.05) is 0 Å². The second-order valence-corrected chi connectivity index (χ2v) is 4.90. The monoisotopic (exact) mass is 354 g/mol. The molecule has 2 rings (SSSR count). The third-order valence-electron chi connectivity index (χ3n) is 2.74. The number of methoxy groups -OCH3 is 1. The van der Waals surface area contributed by atoms with E-state index in [1.165, 1.54) is 19.4 Å². The summed E-state index contributed by atoms with van der Waals surface area (Å²) in [4.78, 5) is 21.8. The smallest absolute Gasteiger partial charge is 0.374 e. The van der Waals surface area contributed by atoms with Crippen LogP contribution in [-0.2, 0) is 11.3 Å². The SMILES string of the molecule is COC(=O)c1occc1CNc1ccc(Br)c([N+](=O)[O-])c1. The van der Waals surface area contributed by atoms with E-state index in [0.29, 0.717) is 15.7 Å². The summed E-state index contributed by atoms with van der Waals surface area (Å²) in [6, 6.07) is 6.31. The van der Waals surface area contributed by atoms with Gasteiger partial charge in [-0.3, -0.25) is 10.1 Å². The Bertz CT molecular complexity index is 683. The van der Waals surface area contributed by atoms with E-state index in [0.717, 1.165) is 0 Å². The maximum Gasteiger partial charge on any atom is 0.374 e. The van der Waals surface area contributed by atoms with E-state index in [4.69, 9.17) is 4.42 Å². The molecule has 0 radical (unpaired) electrons. The van der Waals surface area contributed by atoms with Crippen molar-refractivity contribution in [2.45, 2.75) is 6.54 Å². The number of furan rings is 1. The highest BCUT2D eigenvalue weighted by molar-refractivity contribution is 9.10. The van der Waals surface area contributed by atoms with Gasteiger partial charge in [-0.15, -0.1) is 0 Å². The van der Waals surface area contributed by atoms with Crippen molar-refractivity contribution in [2.75, 3.05) is 12.4 Å². The van der Waals surface area contributed by atoms with Crippen molar-refractivity contribution in [2.24, 2.45) is 0 Å². The summed E-state index contributed by atoms with van der Waals surface area (Å²) in [6.45, 7) is 0.278. The fourth-order valence-electron chi connectivity index (χ4n) is 1.71. The largest absolute Gasteiger partial charge is 0.463 e. The Morgan fingerprint density at radius 1 is 1.48 bits per heavy atom. The number of carbonyl (C=O) groups is 1. The van der Waals surface area contributed by atoms with E-state index in [2.05, 4.69) is 26.0 Å². The summed E-state index contributed by atoms with van der Waals surface area (Å²) in [6.07, 6.45) is 1.38. The zero-order valence-corrected chi connectivity index (χ0v) is 12.5. The molecule has 1 N–H and O–H groups in total. The van der Waals surface area contributed by atoms with Crippen LogP contribution in [0.4, 0.5) is 11.4 Å². The molecule has 1 aromatic carbocycles. The normalized spacial score (nSPS) is 10.2. The van der Waals surface area contributed by atoms with Gasteiger partial charge in [0.2, 0.25) is 5.76 Å². The first-order chi connectivity index (χ1) is 10.0. The Kier molecular flexibility index (Phi) is 4.59. The van der Waals surface area contributed by atoms with Gasteiger partial charge in [-0.2, -0.15) is 0 Å². The van der Waals surface area contributed by atoms with Crippen LogP contribution in [0.15, 0.2) is 39.4 Å². The first kappa shape index (κ1) is 15.0. The molecule has 0 fully saturated rings. The molecular formula is C13H11BrN2O5. The number of rotatable bonds is 5. The van der Waals surface area contributed by atoms with Gasteiger partial charge in [0.15, 0.2) is 0 Å². The number of benzene rings is 1. The molecule has 7 nitrogen and oxygen atoms in total. The molecule has 0 aliphatic heterocycles. The van der Waals surface area contributed by atoms with Crippen molar-refractivity contribution in [3.63, 3.8) is 0 Å². The number of carbonyl (C=O) groups excluding carboxylic acids is 1. The van der Waals surface area contributed by atoms with E-state index in [1.54, 1.807) is 18.2 Å². The van der Waals surface area contributed by atoms with Gasteiger partial charge in [-0.1, -0.05) is 0 Å².